The standard InChI is InChI=1S/C19H20O5/c20-17-18(23-12-15-9-5-2-6-10-15)16(24-19(17)21)13-22-11-14-7-3-1-4-8-14/h1-10,16-18,20H,11-13H2/t16-,17-,18+/m0/s1. The zero-order valence-corrected chi connectivity index (χ0v) is 13.2. The average Bonchev–Trinajstić information content (AvgIpc) is 2.89. The van der Waals surface area contributed by atoms with Gasteiger partial charge in [-0.3, -0.25) is 0 Å². The van der Waals surface area contributed by atoms with Crippen molar-refractivity contribution in [1.29, 1.82) is 0 Å². The maximum atomic E-state index is 11.6. The van der Waals surface area contributed by atoms with Gasteiger partial charge in [0, 0.05) is 0 Å². The lowest BCUT2D eigenvalue weighted by Gasteiger charge is -2.19. The first-order valence-corrected chi connectivity index (χ1v) is 7.90. The molecule has 1 saturated heterocycles. The van der Waals surface area contributed by atoms with Crippen LogP contribution in [-0.2, 0) is 32.2 Å². The second kappa shape index (κ2) is 8.06. The van der Waals surface area contributed by atoms with Gasteiger partial charge in [-0.25, -0.2) is 4.79 Å². The quantitative estimate of drug-likeness (QED) is 0.788. The number of rotatable bonds is 7. The molecular formula is C19H20O5. The van der Waals surface area contributed by atoms with Crippen LogP contribution >= 0.6 is 0 Å². The van der Waals surface area contributed by atoms with Crippen LogP contribution in [0.5, 0.6) is 0 Å². The molecule has 3 rings (SSSR count). The molecule has 126 valence electrons. The predicted molar refractivity (Wildman–Crippen MR) is 87.0 cm³/mol. The molecule has 1 heterocycles. The fraction of sp³-hybridized carbons (Fsp3) is 0.316. The third-order valence-electron chi connectivity index (χ3n) is 3.87. The van der Waals surface area contributed by atoms with E-state index in [2.05, 4.69) is 0 Å². The summed E-state index contributed by atoms with van der Waals surface area (Å²) in [4.78, 5) is 11.6. The fourth-order valence-electron chi connectivity index (χ4n) is 2.58. The first-order chi connectivity index (χ1) is 11.7. The third kappa shape index (κ3) is 4.20. The highest BCUT2D eigenvalue weighted by atomic mass is 16.6. The molecule has 0 bridgehead atoms. The Morgan fingerprint density at radius 2 is 1.50 bits per heavy atom. The van der Waals surface area contributed by atoms with Crippen molar-refractivity contribution in [1.82, 2.24) is 0 Å². The number of cyclic esters (lactones) is 1. The van der Waals surface area contributed by atoms with Crippen molar-refractivity contribution < 1.29 is 24.1 Å². The third-order valence-corrected chi connectivity index (χ3v) is 3.87. The highest BCUT2D eigenvalue weighted by molar-refractivity contribution is 5.77. The zero-order chi connectivity index (χ0) is 16.8. The predicted octanol–water partition coefficient (Wildman–Crippen LogP) is 2.07. The molecule has 1 N–H and O–H groups in total. The number of carbonyl (C=O) groups is 1. The summed E-state index contributed by atoms with van der Waals surface area (Å²) in [7, 11) is 0. The molecule has 0 saturated carbocycles. The van der Waals surface area contributed by atoms with Gasteiger partial charge in [0.05, 0.1) is 19.8 Å². The SMILES string of the molecule is O=C1O[C@@H](COCc2ccccc2)[C@@H](OCc2ccccc2)[C@@H]1O. The minimum absolute atomic E-state index is 0.178. The van der Waals surface area contributed by atoms with E-state index in [0.717, 1.165) is 11.1 Å². The molecule has 2 aromatic carbocycles. The van der Waals surface area contributed by atoms with E-state index in [9.17, 15) is 9.90 Å². The fourth-order valence-corrected chi connectivity index (χ4v) is 2.58. The summed E-state index contributed by atoms with van der Waals surface area (Å²) in [6, 6.07) is 19.3. The largest absolute Gasteiger partial charge is 0.455 e. The second-order valence-electron chi connectivity index (χ2n) is 5.68. The average molecular weight is 328 g/mol. The smallest absolute Gasteiger partial charge is 0.338 e. The maximum absolute atomic E-state index is 11.6. The first kappa shape index (κ1) is 16.6. The van der Waals surface area contributed by atoms with Crippen LogP contribution in [0.15, 0.2) is 60.7 Å². The van der Waals surface area contributed by atoms with Crippen LogP contribution in [0.25, 0.3) is 0 Å². The minimum atomic E-state index is -1.28. The van der Waals surface area contributed by atoms with Crippen molar-refractivity contribution in [3.63, 3.8) is 0 Å². The Hall–Kier alpha value is -2.21. The van der Waals surface area contributed by atoms with Crippen molar-refractivity contribution >= 4 is 5.97 Å². The highest BCUT2D eigenvalue weighted by Crippen LogP contribution is 2.21. The topological polar surface area (TPSA) is 65.0 Å². The van der Waals surface area contributed by atoms with E-state index in [0.29, 0.717) is 13.2 Å². The Labute approximate surface area is 140 Å². The summed E-state index contributed by atoms with van der Waals surface area (Å²) in [5.74, 6) is -0.665. The molecule has 5 nitrogen and oxygen atoms in total. The van der Waals surface area contributed by atoms with Gasteiger partial charge in [-0.15, -0.1) is 0 Å². The van der Waals surface area contributed by atoms with E-state index in [4.69, 9.17) is 14.2 Å². The highest BCUT2D eigenvalue weighted by Gasteiger charge is 2.44. The normalized spacial score (nSPS) is 23.2. The van der Waals surface area contributed by atoms with Crippen LogP contribution in [0.2, 0.25) is 0 Å². The number of ether oxygens (including phenoxy) is 3. The molecule has 2 aromatic rings. The van der Waals surface area contributed by atoms with Gasteiger partial charge in [0.25, 0.3) is 0 Å². The van der Waals surface area contributed by atoms with E-state index >= 15 is 0 Å². The van der Waals surface area contributed by atoms with Gasteiger partial charge in [0.1, 0.15) is 6.10 Å². The molecular weight excluding hydrogens is 308 g/mol. The van der Waals surface area contributed by atoms with E-state index in [1.54, 1.807) is 0 Å². The summed E-state index contributed by atoms with van der Waals surface area (Å²) in [5.41, 5.74) is 2.00. The molecule has 0 amide bonds. The Morgan fingerprint density at radius 3 is 2.12 bits per heavy atom. The van der Waals surface area contributed by atoms with Gasteiger partial charge in [0.15, 0.2) is 12.2 Å². The van der Waals surface area contributed by atoms with Crippen LogP contribution in [-0.4, -0.2) is 36.0 Å². The molecule has 24 heavy (non-hydrogen) atoms. The molecule has 0 radical (unpaired) electrons. The van der Waals surface area contributed by atoms with Gasteiger partial charge < -0.3 is 19.3 Å². The van der Waals surface area contributed by atoms with E-state index in [1.165, 1.54) is 0 Å². The maximum Gasteiger partial charge on any atom is 0.338 e. The number of benzene rings is 2. The number of aliphatic hydroxyl groups is 1. The van der Waals surface area contributed by atoms with Crippen molar-refractivity contribution in [3.05, 3.63) is 71.8 Å². The number of hydrogen-bond donors (Lipinski definition) is 1. The van der Waals surface area contributed by atoms with Gasteiger partial charge in [0.2, 0.25) is 0 Å². The van der Waals surface area contributed by atoms with Crippen LogP contribution < -0.4 is 0 Å². The minimum Gasteiger partial charge on any atom is -0.455 e. The van der Waals surface area contributed by atoms with Crippen molar-refractivity contribution in [2.45, 2.75) is 31.5 Å². The summed E-state index contributed by atoms with van der Waals surface area (Å²) in [6.45, 7) is 0.891. The lowest BCUT2D eigenvalue weighted by Crippen LogP contribution is -2.36. The number of esters is 1. The molecule has 1 aliphatic heterocycles. The molecule has 3 atom stereocenters. The summed E-state index contributed by atoms with van der Waals surface area (Å²) >= 11 is 0. The van der Waals surface area contributed by atoms with Crippen molar-refractivity contribution in [3.8, 4) is 0 Å². The zero-order valence-electron chi connectivity index (χ0n) is 13.2. The van der Waals surface area contributed by atoms with Gasteiger partial charge in [-0.05, 0) is 11.1 Å². The number of carbonyl (C=O) groups excluding carboxylic acids is 1. The number of hydrogen-bond acceptors (Lipinski definition) is 5. The summed E-state index contributed by atoms with van der Waals surface area (Å²) in [5, 5.41) is 9.97. The number of aliphatic hydroxyl groups excluding tert-OH is 1. The summed E-state index contributed by atoms with van der Waals surface area (Å²) in [6.07, 6.45) is -2.62. The molecule has 0 aromatic heterocycles. The van der Waals surface area contributed by atoms with E-state index in [1.807, 2.05) is 60.7 Å². The van der Waals surface area contributed by atoms with Gasteiger partial charge >= 0.3 is 5.97 Å². The lowest BCUT2D eigenvalue weighted by atomic mass is 10.1. The van der Waals surface area contributed by atoms with Gasteiger partial charge in [-0.1, -0.05) is 60.7 Å². The molecule has 1 aliphatic rings. The van der Waals surface area contributed by atoms with Crippen molar-refractivity contribution in [2.75, 3.05) is 6.61 Å². The van der Waals surface area contributed by atoms with Crippen LogP contribution in [0.1, 0.15) is 11.1 Å². The van der Waals surface area contributed by atoms with Crippen LogP contribution in [0.3, 0.4) is 0 Å². The molecule has 0 aliphatic carbocycles. The van der Waals surface area contributed by atoms with E-state index in [-0.39, 0.29) is 6.61 Å². The molecule has 5 heteroatoms. The Bertz CT molecular complexity index is 643. The lowest BCUT2D eigenvalue weighted by molar-refractivity contribution is -0.149. The van der Waals surface area contributed by atoms with Gasteiger partial charge in [-0.2, -0.15) is 0 Å². The monoisotopic (exact) mass is 328 g/mol. The molecule has 0 spiro atoms. The van der Waals surface area contributed by atoms with E-state index < -0.39 is 24.3 Å². The van der Waals surface area contributed by atoms with Crippen LogP contribution in [0, 0.1) is 0 Å². The molecule has 0 unspecified atom stereocenters. The second-order valence-corrected chi connectivity index (χ2v) is 5.68. The first-order valence-electron chi connectivity index (χ1n) is 7.90. The Balaban J connectivity index is 1.53. The van der Waals surface area contributed by atoms with Crippen LogP contribution in [0.4, 0.5) is 0 Å². The Morgan fingerprint density at radius 1 is 0.917 bits per heavy atom. The summed E-state index contributed by atoms with van der Waals surface area (Å²) < 4.78 is 16.5. The van der Waals surface area contributed by atoms with Crippen molar-refractivity contribution in [2.24, 2.45) is 0 Å². The Kier molecular flexibility index (Phi) is 5.59. The molecule has 1 fully saturated rings.